The zero-order valence-corrected chi connectivity index (χ0v) is 14.5. The summed E-state index contributed by atoms with van der Waals surface area (Å²) in [5.41, 5.74) is 1.07. The van der Waals surface area contributed by atoms with Crippen LogP contribution in [0.1, 0.15) is 19.4 Å². The SMILES string of the molecule is CC(C)OCC(O)CN1CCN(Cc2ccc(Cl)cc2)C(=O)C1. The molecule has 1 atom stereocenters. The van der Waals surface area contributed by atoms with E-state index in [1.165, 1.54) is 0 Å². The molecule has 1 unspecified atom stereocenters. The van der Waals surface area contributed by atoms with Crippen LogP contribution in [-0.2, 0) is 16.1 Å². The molecule has 0 aliphatic carbocycles. The van der Waals surface area contributed by atoms with E-state index >= 15 is 0 Å². The van der Waals surface area contributed by atoms with Gasteiger partial charge in [-0.15, -0.1) is 0 Å². The highest BCUT2D eigenvalue weighted by molar-refractivity contribution is 6.30. The van der Waals surface area contributed by atoms with Crippen LogP contribution in [0.3, 0.4) is 0 Å². The average molecular weight is 341 g/mol. The number of rotatable bonds is 7. The Morgan fingerprint density at radius 3 is 2.57 bits per heavy atom. The van der Waals surface area contributed by atoms with Crippen LogP contribution in [0.25, 0.3) is 0 Å². The van der Waals surface area contributed by atoms with Crippen molar-refractivity contribution in [2.45, 2.75) is 32.6 Å². The second kappa shape index (κ2) is 8.64. The van der Waals surface area contributed by atoms with E-state index in [1.54, 1.807) is 0 Å². The Hall–Kier alpha value is -1.14. The lowest BCUT2D eigenvalue weighted by Gasteiger charge is -2.35. The Morgan fingerprint density at radius 1 is 1.26 bits per heavy atom. The minimum absolute atomic E-state index is 0.0863. The van der Waals surface area contributed by atoms with Crippen molar-refractivity contribution in [1.82, 2.24) is 9.80 Å². The molecule has 1 N–H and O–H groups in total. The number of halogens is 1. The zero-order valence-electron chi connectivity index (χ0n) is 13.7. The van der Waals surface area contributed by atoms with Crippen molar-refractivity contribution in [3.8, 4) is 0 Å². The molecule has 1 heterocycles. The van der Waals surface area contributed by atoms with Crippen molar-refractivity contribution in [1.29, 1.82) is 0 Å². The number of ether oxygens (including phenoxy) is 1. The topological polar surface area (TPSA) is 53.0 Å². The number of hydrogen-bond acceptors (Lipinski definition) is 4. The van der Waals surface area contributed by atoms with Gasteiger partial charge in [-0.25, -0.2) is 0 Å². The lowest BCUT2D eigenvalue weighted by Crippen LogP contribution is -2.52. The quantitative estimate of drug-likeness (QED) is 0.822. The van der Waals surface area contributed by atoms with Gasteiger partial charge in [0, 0.05) is 31.2 Å². The summed E-state index contributed by atoms with van der Waals surface area (Å²) in [4.78, 5) is 16.1. The number of carbonyl (C=O) groups is 1. The fourth-order valence-corrected chi connectivity index (χ4v) is 2.67. The second-order valence-electron chi connectivity index (χ2n) is 6.21. The van der Waals surface area contributed by atoms with Crippen LogP contribution in [0.5, 0.6) is 0 Å². The summed E-state index contributed by atoms with van der Waals surface area (Å²) in [6.45, 7) is 7.01. The van der Waals surface area contributed by atoms with E-state index in [1.807, 2.05) is 47.9 Å². The van der Waals surface area contributed by atoms with Gasteiger partial charge >= 0.3 is 0 Å². The number of piperazine rings is 1. The molecule has 1 amide bonds. The highest BCUT2D eigenvalue weighted by Gasteiger charge is 2.25. The van der Waals surface area contributed by atoms with Gasteiger partial charge in [-0.2, -0.15) is 0 Å². The number of aliphatic hydroxyl groups is 1. The van der Waals surface area contributed by atoms with Crippen LogP contribution in [-0.4, -0.2) is 65.8 Å². The van der Waals surface area contributed by atoms with Gasteiger partial charge in [0.05, 0.1) is 25.4 Å². The number of aliphatic hydroxyl groups excluding tert-OH is 1. The van der Waals surface area contributed by atoms with E-state index in [0.717, 1.165) is 12.1 Å². The lowest BCUT2D eigenvalue weighted by atomic mass is 10.2. The Balaban J connectivity index is 1.78. The van der Waals surface area contributed by atoms with Crippen LogP contribution < -0.4 is 0 Å². The minimum Gasteiger partial charge on any atom is -0.389 e. The molecule has 0 spiro atoms. The second-order valence-corrected chi connectivity index (χ2v) is 6.65. The van der Waals surface area contributed by atoms with Crippen molar-refractivity contribution in [2.24, 2.45) is 0 Å². The molecule has 6 heteroatoms. The van der Waals surface area contributed by atoms with Gasteiger partial charge < -0.3 is 14.7 Å². The summed E-state index contributed by atoms with van der Waals surface area (Å²) in [6.07, 6.45) is -0.462. The van der Waals surface area contributed by atoms with Gasteiger partial charge in [0.1, 0.15) is 0 Å². The van der Waals surface area contributed by atoms with E-state index in [4.69, 9.17) is 16.3 Å². The normalized spacial score (nSPS) is 17.8. The van der Waals surface area contributed by atoms with Crippen LogP contribution in [0.2, 0.25) is 5.02 Å². The molecule has 0 aromatic heterocycles. The third-order valence-corrected chi connectivity index (χ3v) is 4.03. The van der Waals surface area contributed by atoms with E-state index in [0.29, 0.717) is 37.8 Å². The molecule has 1 fully saturated rings. The van der Waals surface area contributed by atoms with E-state index in [2.05, 4.69) is 0 Å². The molecule has 5 nitrogen and oxygen atoms in total. The first-order chi connectivity index (χ1) is 10.9. The molecule has 1 aromatic carbocycles. The van der Waals surface area contributed by atoms with Crippen molar-refractivity contribution in [2.75, 3.05) is 32.8 Å². The van der Waals surface area contributed by atoms with Crippen molar-refractivity contribution in [3.05, 3.63) is 34.9 Å². The van der Waals surface area contributed by atoms with Gasteiger partial charge in [0.2, 0.25) is 5.91 Å². The van der Waals surface area contributed by atoms with Crippen LogP contribution in [0.15, 0.2) is 24.3 Å². The molecule has 1 aliphatic rings. The smallest absolute Gasteiger partial charge is 0.237 e. The summed E-state index contributed by atoms with van der Waals surface area (Å²) in [6, 6.07) is 7.55. The van der Waals surface area contributed by atoms with Gasteiger partial charge in [0.25, 0.3) is 0 Å². The third kappa shape index (κ3) is 6.11. The highest BCUT2D eigenvalue weighted by atomic mass is 35.5. The molecular weight excluding hydrogens is 316 g/mol. The maximum atomic E-state index is 12.3. The number of hydrogen-bond donors (Lipinski definition) is 1. The third-order valence-electron chi connectivity index (χ3n) is 3.78. The zero-order chi connectivity index (χ0) is 16.8. The minimum atomic E-state index is -0.562. The number of benzene rings is 1. The van der Waals surface area contributed by atoms with Gasteiger partial charge in [-0.3, -0.25) is 9.69 Å². The van der Waals surface area contributed by atoms with Crippen molar-refractivity contribution < 1.29 is 14.6 Å². The summed E-state index contributed by atoms with van der Waals surface area (Å²) in [5.74, 6) is 0.0863. The molecule has 1 aromatic rings. The molecule has 0 bridgehead atoms. The number of β-amino-alcohol motifs (C(OH)–C–C–N with tert-alkyl or cyclic N) is 1. The van der Waals surface area contributed by atoms with Crippen molar-refractivity contribution in [3.63, 3.8) is 0 Å². The molecule has 1 aliphatic heterocycles. The van der Waals surface area contributed by atoms with Crippen LogP contribution >= 0.6 is 11.6 Å². The molecule has 1 saturated heterocycles. The maximum absolute atomic E-state index is 12.3. The lowest BCUT2D eigenvalue weighted by molar-refractivity contribution is -0.137. The Labute approximate surface area is 142 Å². The number of amides is 1. The summed E-state index contributed by atoms with van der Waals surface area (Å²) in [7, 11) is 0. The largest absolute Gasteiger partial charge is 0.389 e. The Morgan fingerprint density at radius 2 is 1.96 bits per heavy atom. The highest BCUT2D eigenvalue weighted by Crippen LogP contribution is 2.13. The Kier molecular flexibility index (Phi) is 6.84. The van der Waals surface area contributed by atoms with E-state index < -0.39 is 6.10 Å². The summed E-state index contributed by atoms with van der Waals surface area (Å²) < 4.78 is 5.40. The first-order valence-corrected chi connectivity index (χ1v) is 8.36. The molecular formula is C17H25ClN2O3. The van der Waals surface area contributed by atoms with Gasteiger partial charge in [-0.05, 0) is 31.5 Å². The fraction of sp³-hybridized carbons (Fsp3) is 0.588. The molecule has 128 valence electrons. The van der Waals surface area contributed by atoms with Crippen molar-refractivity contribution >= 4 is 17.5 Å². The van der Waals surface area contributed by atoms with Crippen LogP contribution in [0.4, 0.5) is 0 Å². The monoisotopic (exact) mass is 340 g/mol. The first-order valence-electron chi connectivity index (χ1n) is 7.98. The van der Waals surface area contributed by atoms with E-state index in [9.17, 15) is 9.90 Å². The fourth-order valence-electron chi connectivity index (χ4n) is 2.54. The predicted molar refractivity (Wildman–Crippen MR) is 90.4 cm³/mol. The van der Waals surface area contributed by atoms with E-state index in [-0.39, 0.29) is 12.0 Å². The average Bonchev–Trinajstić information content (AvgIpc) is 2.50. The molecule has 2 rings (SSSR count). The van der Waals surface area contributed by atoms with Gasteiger partial charge in [0.15, 0.2) is 0 Å². The molecule has 0 saturated carbocycles. The summed E-state index contributed by atoms with van der Waals surface area (Å²) >= 11 is 5.87. The summed E-state index contributed by atoms with van der Waals surface area (Å²) in [5, 5.41) is 10.7. The first kappa shape index (κ1) is 18.2. The standard InChI is InChI=1S/C17H25ClN2O3/c1-13(2)23-12-16(21)10-19-7-8-20(17(22)11-19)9-14-3-5-15(18)6-4-14/h3-6,13,16,21H,7-12H2,1-2H3. The molecule has 0 radical (unpaired) electrons. The molecule has 23 heavy (non-hydrogen) atoms. The Bertz CT molecular complexity index is 507. The maximum Gasteiger partial charge on any atom is 0.237 e. The van der Waals surface area contributed by atoms with Gasteiger partial charge in [-0.1, -0.05) is 23.7 Å². The number of carbonyl (C=O) groups excluding carboxylic acids is 1. The number of nitrogens with zero attached hydrogens (tertiary/aromatic N) is 2. The predicted octanol–water partition coefficient (Wildman–Crippen LogP) is 1.77. The van der Waals surface area contributed by atoms with Crippen LogP contribution in [0, 0.1) is 0 Å².